The summed E-state index contributed by atoms with van der Waals surface area (Å²) >= 11 is 0. The second-order valence-electron chi connectivity index (χ2n) is 3.29. The van der Waals surface area contributed by atoms with Crippen LogP contribution in [-0.2, 0) is 11.8 Å². The molecule has 0 radical (unpaired) electrons. The first kappa shape index (κ1) is 11.3. The molecule has 15 heavy (non-hydrogen) atoms. The zero-order chi connectivity index (χ0) is 11.7. The molecule has 0 atom stereocenters. The van der Waals surface area contributed by atoms with Crippen molar-refractivity contribution >= 4 is 5.97 Å². The van der Waals surface area contributed by atoms with E-state index < -0.39 is 11.5 Å². The van der Waals surface area contributed by atoms with Gasteiger partial charge in [-0.3, -0.25) is 4.79 Å². The Labute approximate surface area is 86.9 Å². The number of methoxy groups -OCH3 is 1. The highest BCUT2D eigenvalue weighted by Crippen LogP contribution is 2.21. The summed E-state index contributed by atoms with van der Waals surface area (Å²) in [6, 6.07) is 0. The van der Waals surface area contributed by atoms with E-state index in [-0.39, 0.29) is 11.3 Å². The van der Waals surface area contributed by atoms with Crippen LogP contribution in [0.25, 0.3) is 0 Å². The molecule has 0 unspecified atom stereocenters. The Balaban J connectivity index is 3.68. The van der Waals surface area contributed by atoms with Gasteiger partial charge in [0, 0.05) is 18.3 Å². The number of hydrogen-bond acceptors (Lipinski definition) is 4. The SMILES string of the molecule is COC(=O)c1c(O)c(C)c(C)n(C)c1=O. The minimum absolute atomic E-state index is 0.303. The summed E-state index contributed by atoms with van der Waals surface area (Å²) in [6.45, 7) is 3.33. The average molecular weight is 211 g/mol. The quantitative estimate of drug-likeness (QED) is 0.686. The maximum absolute atomic E-state index is 11.7. The second-order valence-corrected chi connectivity index (χ2v) is 3.29. The first-order chi connectivity index (χ1) is 6.91. The Morgan fingerprint density at radius 1 is 1.40 bits per heavy atom. The van der Waals surface area contributed by atoms with Crippen LogP contribution in [0.1, 0.15) is 21.6 Å². The predicted molar refractivity (Wildman–Crippen MR) is 54.2 cm³/mol. The van der Waals surface area contributed by atoms with Gasteiger partial charge in [0.2, 0.25) is 0 Å². The molecule has 1 aromatic rings. The van der Waals surface area contributed by atoms with E-state index in [2.05, 4.69) is 4.74 Å². The molecule has 1 N–H and O–H groups in total. The van der Waals surface area contributed by atoms with E-state index >= 15 is 0 Å². The lowest BCUT2D eigenvalue weighted by Crippen LogP contribution is -2.27. The fourth-order valence-corrected chi connectivity index (χ4v) is 1.32. The molecule has 0 aromatic carbocycles. The fourth-order valence-electron chi connectivity index (χ4n) is 1.32. The summed E-state index contributed by atoms with van der Waals surface area (Å²) in [4.78, 5) is 22.9. The maximum atomic E-state index is 11.7. The number of ether oxygens (including phenoxy) is 1. The van der Waals surface area contributed by atoms with Crippen LogP contribution in [0.4, 0.5) is 0 Å². The van der Waals surface area contributed by atoms with Gasteiger partial charge in [0.25, 0.3) is 5.56 Å². The Bertz CT molecular complexity index is 473. The second kappa shape index (κ2) is 3.76. The van der Waals surface area contributed by atoms with Crippen LogP contribution in [0, 0.1) is 13.8 Å². The summed E-state index contributed by atoms with van der Waals surface area (Å²) in [5.41, 5.74) is 0.244. The van der Waals surface area contributed by atoms with Gasteiger partial charge in [-0.05, 0) is 13.8 Å². The van der Waals surface area contributed by atoms with E-state index in [0.717, 1.165) is 7.11 Å². The summed E-state index contributed by atoms with van der Waals surface area (Å²) < 4.78 is 5.74. The van der Waals surface area contributed by atoms with Crippen LogP contribution >= 0.6 is 0 Å². The lowest BCUT2D eigenvalue weighted by atomic mass is 10.1. The van der Waals surface area contributed by atoms with Gasteiger partial charge >= 0.3 is 5.97 Å². The van der Waals surface area contributed by atoms with Crippen molar-refractivity contribution in [3.63, 3.8) is 0 Å². The summed E-state index contributed by atoms with van der Waals surface area (Å²) in [7, 11) is 2.70. The smallest absolute Gasteiger partial charge is 0.347 e. The molecule has 1 aromatic heterocycles. The van der Waals surface area contributed by atoms with Crippen molar-refractivity contribution in [3.8, 4) is 5.75 Å². The number of hydrogen-bond donors (Lipinski definition) is 1. The summed E-state index contributed by atoms with van der Waals surface area (Å²) in [6.07, 6.45) is 0. The molecule has 0 saturated heterocycles. The van der Waals surface area contributed by atoms with Crippen LogP contribution in [0.2, 0.25) is 0 Å². The monoisotopic (exact) mass is 211 g/mol. The molecule has 82 valence electrons. The number of nitrogens with zero attached hydrogens (tertiary/aromatic N) is 1. The highest BCUT2D eigenvalue weighted by Gasteiger charge is 2.21. The highest BCUT2D eigenvalue weighted by atomic mass is 16.5. The molecule has 0 fully saturated rings. The van der Waals surface area contributed by atoms with Gasteiger partial charge in [-0.25, -0.2) is 4.79 Å². The van der Waals surface area contributed by atoms with Crippen molar-refractivity contribution in [2.45, 2.75) is 13.8 Å². The predicted octanol–water partition coefficient (Wildman–Crippen LogP) is 0.494. The third-order valence-electron chi connectivity index (χ3n) is 2.55. The standard InChI is InChI=1S/C10H13NO4/c1-5-6(2)11(3)9(13)7(8(5)12)10(14)15-4/h12H,1-4H3. The van der Waals surface area contributed by atoms with Crippen molar-refractivity contribution in [3.05, 3.63) is 27.2 Å². The number of carbonyl (C=O) groups excluding carboxylic acids is 1. The van der Waals surface area contributed by atoms with Crippen molar-refractivity contribution in [1.29, 1.82) is 0 Å². The Hall–Kier alpha value is -1.78. The van der Waals surface area contributed by atoms with Crippen LogP contribution < -0.4 is 5.56 Å². The van der Waals surface area contributed by atoms with Crippen LogP contribution in [0.15, 0.2) is 4.79 Å². The van der Waals surface area contributed by atoms with Gasteiger partial charge in [-0.2, -0.15) is 0 Å². The van der Waals surface area contributed by atoms with Crippen molar-refractivity contribution in [2.24, 2.45) is 7.05 Å². The zero-order valence-corrected chi connectivity index (χ0v) is 9.12. The lowest BCUT2D eigenvalue weighted by Gasteiger charge is -2.11. The highest BCUT2D eigenvalue weighted by molar-refractivity contribution is 5.92. The van der Waals surface area contributed by atoms with Crippen LogP contribution in [-0.4, -0.2) is 22.8 Å². The third-order valence-corrected chi connectivity index (χ3v) is 2.55. The number of aromatic hydroxyl groups is 1. The van der Waals surface area contributed by atoms with E-state index in [4.69, 9.17) is 0 Å². The molecule has 5 heteroatoms. The molecule has 0 aliphatic heterocycles. The molecule has 0 aliphatic rings. The van der Waals surface area contributed by atoms with Crippen LogP contribution in [0.3, 0.4) is 0 Å². The molecule has 0 aliphatic carbocycles. The van der Waals surface area contributed by atoms with E-state index in [1.165, 1.54) is 11.6 Å². The largest absolute Gasteiger partial charge is 0.506 e. The van der Waals surface area contributed by atoms with Gasteiger partial charge < -0.3 is 14.4 Å². The molecular formula is C10H13NO4. The Kier molecular flexibility index (Phi) is 2.83. The number of esters is 1. The molecule has 1 heterocycles. The minimum atomic E-state index is -0.823. The van der Waals surface area contributed by atoms with Crippen molar-refractivity contribution < 1.29 is 14.6 Å². The fraction of sp³-hybridized carbons (Fsp3) is 0.400. The van der Waals surface area contributed by atoms with Gasteiger partial charge in [-0.1, -0.05) is 0 Å². The molecule has 0 amide bonds. The van der Waals surface area contributed by atoms with Crippen molar-refractivity contribution in [2.75, 3.05) is 7.11 Å². The number of pyridine rings is 1. The topological polar surface area (TPSA) is 68.5 Å². The molecule has 1 rings (SSSR count). The zero-order valence-electron chi connectivity index (χ0n) is 9.12. The van der Waals surface area contributed by atoms with E-state index in [9.17, 15) is 14.7 Å². The van der Waals surface area contributed by atoms with Crippen molar-refractivity contribution in [1.82, 2.24) is 4.57 Å². The van der Waals surface area contributed by atoms with Gasteiger partial charge in [0.05, 0.1) is 7.11 Å². The number of rotatable bonds is 1. The summed E-state index contributed by atoms with van der Waals surface area (Å²) in [5.74, 6) is -1.13. The van der Waals surface area contributed by atoms with Gasteiger partial charge in [0.15, 0.2) is 5.56 Å². The lowest BCUT2D eigenvalue weighted by molar-refractivity contribution is 0.0594. The Morgan fingerprint density at radius 3 is 2.40 bits per heavy atom. The van der Waals surface area contributed by atoms with E-state index in [0.29, 0.717) is 11.3 Å². The third kappa shape index (κ3) is 1.60. The number of aromatic nitrogens is 1. The molecule has 0 spiro atoms. The molecule has 0 saturated carbocycles. The van der Waals surface area contributed by atoms with E-state index in [1.54, 1.807) is 13.8 Å². The molecule has 0 bridgehead atoms. The van der Waals surface area contributed by atoms with Gasteiger partial charge in [0.1, 0.15) is 5.75 Å². The van der Waals surface area contributed by atoms with E-state index in [1.807, 2.05) is 0 Å². The molecule has 5 nitrogen and oxygen atoms in total. The number of carbonyl (C=O) groups is 1. The minimum Gasteiger partial charge on any atom is -0.506 e. The Morgan fingerprint density at radius 2 is 1.93 bits per heavy atom. The van der Waals surface area contributed by atoms with Crippen LogP contribution in [0.5, 0.6) is 5.75 Å². The first-order valence-corrected chi connectivity index (χ1v) is 4.39. The summed E-state index contributed by atoms with van der Waals surface area (Å²) in [5, 5.41) is 9.67. The normalized spacial score (nSPS) is 10.1. The average Bonchev–Trinajstić information content (AvgIpc) is 2.23. The maximum Gasteiger partial charge on any atom is 0.347 e. The molecular weight excluding hydrogens is 198 g/mol. The first-order valence-electron chi connectivity index (χ1n) is 4.39. The van der Waals surface area contributed by atoms with Gasteiger partial charge in [-0.15, -0.1) is 0 Å².